The number of methoxy groups -OCH3 is 2. The molecule has 0 unspecified atom stereocenters. The third-order valence-corrected chi connectivity index (χ3v) is 6.34. The van der Waals surface area contributed by atoms with E-state index in [1.54, 1.807) is 25.2 Å². The van der Waals surface area contributed by atoms with Gasteiger partial charge in [-0.1, -0.05) is 43.9 Å². The first-order chi connectivity index (χ1) is 15.1. The molecule has 0 saturated heterocycles. The van der Waals surface area contributed by atoms with Gasteiger partial charge in [0.15, 0.2) is 0 Å². The maximum absolute atomic E-state index is 13.5. The van der Waals surface area contributed by atoms with Gasteiger partial charge in [0.2, 0.25) is 5.91 Å². The zero-order chi connectivity index (χ0) is 21.8. The van der Waals surface area contributed by atoms with Crippen molar-refractivity contribution in [2.75, 3.05) is 14.2 Å². The minimum absolute atomic E-state index is 0.105. The van der Waals surface area contributed by atoms with Crippen LogP contribution in [0.3, 0.4) is 0 Å². The molecule has 1 N–H and O–H groups in total. The highest BCUT2D eigenvalue weighted by Gasteiger charge is 2.41. The lowest BCUT2D eigenvalue weighted by Gasteiger charge is -2.27. The Morgan fingerprint density at radius 3 is 2.48 bits per heavy atom. The molecule has 2 aromatic rings. The van der Waals surface area contributed by atoms with Crippen LogP contribution < -0.4 is 14.8 Å². The lowest BCUT2D eigenvalue weighted by Crippen LogP contribution is -2.43. The maximum atomic E-state index is 13.5. The van der Waals surface area contributed by atoms with Gasteiger partial charge >= 0.3 is 0 Å². The minimum Gasteiger partial charge on any atom is -0.497 e. The van der Waals surface area contributed by atoms with Crippen molar-refractivity contribution in [2.45, 2.75) is 57.2 Å². The Morgan fingerprint density at radius 1 is 1.03 bits per heavy atom. The Hall–Kier alpha value is -3.02. The average molecular weight is 423 g/mol. The number of hydrogen-bond donors (Lipinski definition) is 1. The summed E-state index contributed by atoms with van der Waals surface area (Å²) in [5, 5.41) is 3.24. The first-order valence-corrected chi connectivity index (χ1v) is 11.0. The van der Waals surface area contributed by atoms with Crippen molar-refractivity contribution < 1.29 is 19.1 Å². The fraction of sp³-hybridized carbons (Fsp3) is 0.440. The van der Waals surface area contributed by atoms with E-state index in [0.29, 0.717) is 17.1 Å². The molecule has 31 heavy (non-hydrogen) atoms. The zero-order valence-corrected chi connectivity index (χ0v) is 18.2. The summed E-state index contributed by atoms with van der Waals surface area (Å²) in [6, 6.07) is 12.4. The van der Waals surface area contributed by atoms with Gasteiger partial charge in [0.25, 0.3) is 5.91 Å². The highest BCUT2D eigenvalue weighted by molar-refractivity contribution is 6.04. The molecule has 6 heteroatoms. The molecule has 1 saturated carbocycles. The van der Waals surface area contributed by atoms with Crippen LogP contribution in [0.15, 0.2) is 42.5 Å². The van der Waals surface area contributed by atoms with Crippen molar-refractivity contribution in [1.82, 2.24) is 10.2 Å². The Morgan fingerprint density at radius 2 is 1.77 bits per heavy atom. The summed E-state index contributed by atoms with van der Waals surface area (Å²) in [6.45, 7) is 0.261. The number of carbonyl (C=O) groups excluding carboxylic acids is 2. The molecule has 0 bridgehead atoms. The quantitative estimate of drug-likeness (QED) is 0.707. The van der Waals surface area contributed by atoms with Crippen LogP contribution in [0.1, 0.15) is 66.1 Å². The molecule has 164 valence electrons. The van der Waals surface area contributed by atoms with Crippen molar-refractivity contribution in [3.8, 4) is 11.5 Å². The molecular formula is C25H30N2O4. The van der Waals surface area contributed by atoms with Gasteiger partial charge in [0.05, 0.1) is 20.8 Å². The average Bonchev–Trinajstić information content (AvgIpc) is 2.93. The van der Waals surface area contributed by atoms with Crippen LogP contribution in [-0.2, 0) is 11.3 Å². The van der Waals surface area contributed by atoms with Gasteiger partial charge in [-0.2, -0.15) is 0 Å². The number of carbonyl (C=O) groups is 2. The van der Waals surface area contributed by atoms with Gasteiger partial charge in [-0.15, -0.1) is 0 Å². The van der Waals surface area contributed by atoms with E-state index in [1.165, 1.54) is 12.8 Å². The molecule has 2 aromatic carbocycles. The third kappa shape index (κ3) is 4.38. The van der Waals surface area contributed by atoms with Crippen molar-refractivity contribution in [3.05, 3.63) is 59.2 Å². The number of nitrogens with one attached hydrogen (secondary N) is 1. The number of hydrogen-bond acceptors (Lipinski definition) is 4. The molecule has 0 aromatic heterocycles. The first-order valence-electron chi connectivity index (χ1n) is 11.0. The Kier molecular flexibility index (Phi) is 6.44. The standard InChI is InChI=1S/C25H30N2O4/c1-30-19-13-14-22(31-2)17(15-19)16-27-23(20-11-7-8-12-21(20)25(27)29)24(28)26-18-9-5-3-4-6-10-18/h7-8,11-15,18,23H,3-6,9-10,16H2,1-2H3,(H,26,28)/t23-/m0/s1. The van der Waals surface area contributed by atoms with Gasteiger partial charge in [-0.25, -0.2) is 0 Å². The summed E-state index contributed by atoms with van der Waals surface area (Å²) in [5.41, 5.74) is 2.15. The molecule has 2 aliphatic rings. The molecule has 0 spiro atoms. The van der Waals surface area contributed by atoms with Gasteiger partial charge in [-0.05, 0) is 42.7 Å². The minimum atomic E-state index is -0.650. The molecule has 1 fully saturated rings. The molecule has 2 amide bonds. The van der Waals surface area contributed by atoms with E-state index < -0.39 is 6.04 Å². The lowest BCUT2D eigenvalue weighted by molar-refractivity contribution is -0.126. The van der Waals surface area contributed by atoms with E-state index in [2.05, 4.69) is 5.32 Å². The molecule has 1 aliphatic heterocycles. The fourth-order valence-corrected chi connectivity index (χ4v) is 4.71. The summed E-state index contributed by atoms with van der Waals surface area (Å²) < 4.78 is 10.9. The van der Waals surface area contributed by atoms with Gasteiger partial charge in [0, 0.05) is 17.2 Å². The van der Waals surface area contributed by atoms with Crippen LogP contribution in [0.4, 0.5) is 0 Å². The number of amides is 2. The van der Waals surface area contributed by atoms with Crippen LogP contribution in [-0.4, -0.2) is 37.0 Å². The summed E-state index contributed by atoms with van der Waals surface area (Å²) in [4.78, 5) is 28.4. The van der Waals surface area contributed by atoms with E-state index in [0.717, 1.165) is 36.8 Å². The first kappa shape index (κ1) is 21.2. The second-order valence-electron chi connectivity index (χ2n) is 8.30. The number of nitrogens with zero attached hydrogens (tertiary/aromatic N) is 1. The molecule has 1 aliphatic carbocycles. The second kappa shape index (κ2) is 9.41. The number of ether oxygens (including phenoxy) is 2. The van der Waals surface area contributed by atoms with E-state index in [9.17, 15) is 9.59 Å². The maximum Gasteiger partial charge on any atom is 0.255 e. The summed E-state index contributed by atoms with van der Waals surface area (Å²) >= 11 is 0. The topological polar surface area (TPSA) is 67.9 Å². The van der Waals surface area contributed by atoms with Crippen LogP contribution >= 0.6 is 0 Å². The predicted molar refractivity (Wildman–Crippen MR) is 118 cm³/mol. The van der Waals surface area contributed by atoms with Crippen LogP contribution in [0.5, 0.6) is 11.5 Å². The highest BCUT2D eigenvalue weighted by atomic mass is 16.5. The van der Waals surface area contributed by atoms with Crippen molar-refractivity contribution >= 4 is 11.8 Å². The van der Waals surface area contributed by atoms with Crippen LogP contribution in [0, 0.1) is 0 Å². The number of benzene rings is 2. The van der Waals surface area contributed by atoms with Crippen LogP contribution in [0.2, 0.25) is 0 Å². The summed E-state index contributed by atoms with van der Waals surface area (Å²) in [7, 11) is 3.20. The summed E-state index contributed by atoms with van der Waals surface area (Å²) in [6.07, 6.45) is 6.71. The van der Waals surface area contributed by atoms with Crippen molar-refractivity contribution in [1.29, 1.82) is 0 Å². The molecule has 6 nitrogen and oxygen atoms in total. The second-order valence-corrected chi connectivity index (χ2v) is 8.30. The third-order valence-electron chi connectivity index (χ3n) is 6.34. The Balaban J connectivity index is 1.64. The SMILES string of the molecule is COc1ccc(OC)c(CN2C(=O)c3ccccc3[C@H]2C(=O)NC2CCCCCC2)c1. The molecule has 1 heterocycles. The van der Waals surface area contributed by atoms with Crippen molar-refractivity contribution in [2.24, 2.45) is 0 Å². The number of fused-ring (bicyclic) bond motifs is 1. The smallest absolute Gasteiger partial charge is 0.255 e. The van der Waals surface area contributed by atoms with E-state index in [4.69, 9.17) is 9.47 Å². The summed E-state index contributed by atoms with van der Waals surface area (Å²) in [5.74, 6) is 1.10. The largest absolute Gasteiger partial charge is 0.497 e. The molecular weight excluding hydrogens is 392 g/mol. The molecule has 4 rings (SSSR count). The number of rotatable bonds is 6. The molecule has 0 radical (unpaired) electrons. The van der Waals surface area contributed by atoms with E-state index in [-0.39, 0.29) is 24.4 Å². The Bertz CT molecular complexity index is 950. The van der Waals surface area contributed by atoms with E-state index in [1.807, 2.05) is 36.4 Å². The highest BCUT2D eigenvalue weighted by Crippen LogP contribution is 2.37. The monoisotopic (exact) mass is 422 g/mol. The van der Waals surface area contributed by atoms with Crippen LogP contribution in [0.25, 0.3) is 0 Å². The lowest BCUT2D eigenvalue weighted by atomic mass is 10.0. The fourth-order valence-electron chi connectivity index (χ4n) is 4.71. The van der Waals surface area contributed by atoms with E-state index >= 15 is 0 Å². The normalized spacial score (nSPS) is 19.0. The Labute approximate surface area is 183 Å². The molecule has 1 atom stereocenters. The van der Waals surface area contributed by atoms with Gasteiger partial charge < -0.3 is 19.7 Å². The van der Waals surface area contributed by atoms with Gasteiger partial charge in [0.1, 0.15) is 17.5 Å². The predicted octanol–water partition coefficient (Wildman–Crippen LogP) is 4.24. The van der Waals surface area contributed by atoms with Crippen molar-refractivity contribution in [3.63, 3.8) is 0 Å². The zero-order valence-electron chi connectivity index (χ0n) is 18.2. The van der Waals surface area contributed by atoms with Gasteiger partial charge in [-0.3, -0.25) is 9.59 Å².